The molecule has 2 aromatic rings. The second kappa shape index (κ2) is 7.53. The maximum Gasteiger partial charge on any atom is 0.258 e. The average Bonchev–Trinajstić information content (AvgIpc) is 2.99. The number of rotatable bonds is 7. The van der Waals surface area contributed by atoms with Gasteiger partial charge in [-0.25, -0.2) is 4.39 Å². The van der Waals surface area contributed by atoms with Crippen LogP contribution in [0.3, 0.4) is 0 Å². The third-order valence-electron chi connectivity index (χ3n) is 3.16. The maximum atomic E-state index is 12.8. The van der Waals surface area contributed by atoms with Gasteiger partial charge < -0.3 is 10.1 Å². The first-order chi connectivity index (χ1) is 10.5. The summed E-state index contributed by atoms with van der Waals surface area (Å²) in [6.07, 6.45) is 3.19. The molecule has 0 radical (unpaired) electrons. The largest absolute Gasteiger partial charge is 0.484 e. The van der Waals surface area contributed by atoms with E-state index < -0.39 is 0 Å². The molecule has 22 heavy (non-hydrogen) atoms. The maximum absolute atomic E-state index is 12.8. The molecule has 1 heterocycles. The van der Waals surface area contributed by atoms with Crippen LogP contribution in [0.1, 0.15) is 13.8 Å². The van der Waals surface area contributed by atoms with Gasteiger partial charge in [0.15, 0.2) is 6.61 Å². The number of hydrogen-bond donors (Lipinski definition) is 1. The van der Waals surface area contributed by atoms with E-state index >= 15 is 0 Å². The summed E-state index contributed by atoms with van der Waals surface area (Å²) in [4.78, 5) is 13.5. The molecule has 2 rings (SSSR count). The molecule has 1 aromatic carbocycles. The number of carbonyl (C=O) groups is 1. The Labute approximate surface area is 128 Å². The molecule has 6 nitrogen and oxygen atoms in total. The van der Waals surface area contributed by atoms with Crippen molar-refractivity contribution >= 4 is 5.91 Å². The van der Waals surface area contributed by atoms with Gasteiger partial charge in [-0.3, -0.25) is 4.79 Å². The Morgan fingerprint density at radius 1 is 1.27 bits per heavy atom. The van der Waals surface area contributed by atoms with E-state index in [2.05, 4.69) is 15.5 Å². The van der Waals surface area contributed by atoms with Crippen LogP contribution in [0.15, 0.2) is 36.7 Å². The predicted octanol–water partition coefficient (Wildman–Crippen LogP) is 1.64. The van der Waals surface area contributed by atoms with Gasteiger partial charge in [-0.15, -0.1) is 0 Å². The quantitative estimate of drug-likeness (QED) is 0.844. The highest BCUT2D eigenvalue weighted by atomic mass is 19.1. The van der Waals surface area contributed by atoms with Crippen molar-refractivity contribution < 1.29 is 13.9 Å². The minimum atomic E-state index is -0.344. The molecule has 0 aliphatic rings. The van der Waals surface area contributed by atoms with Crippen LogP contribution in [0.4, 0.5) is 4.39 Å². The first-order valence-electron chi connectivity index (χ1n) is 7.06. The van der Waals surface area contributed by atoms with E-state index in [-0.39, 0.29) is 30.3 Å². The highest BCUT2D eigenvalue weighted by molar-refractivity contribution is 5.77. The number of amides is 1. The molecule has 0 bridgehead atoms. The minimum absolute atomic E-state index is 0.100. The van der Waals surface area contributed by atoms with Crippen molar-refractivity contribution in [3.05, 3.63) is 42.5 Å². The lowest BCUT2D eigenvalue weighted by molar-refractivity contribution is -0.124. The number of halogens is 1. The van der Waals surface area contributed by atoms with Gasteiger partial charge >= 0.3 is 0 Å². The normalized spacial score (nSPS) is 12.2. The number of aromatic nitrogens is 3. The lowest BCUT2D eigenvalue weighted by Crippen LogP contribution is -2.44. The molecule has 0 saturated carbocycles. The smallest absolute Gasteiger partial charge is 0.258 e. The lowest BCUT2D eigenvalue weighted by Gasteiger charge is -2.21. The summed E-state index contributed by atoms with van der Waals surface area (Å²) >= 11 is 0. The third-order valence-corrected chi connectivity index (χ3v) is 3.16. The highest BCUT2D eigenvalue weighted by Crippen LogP contribution is 2.11. The van der Waals surface area contributed by atoms with Crippen molar-refractivity contribution in [3.8, 4) is 5.75 Å². The lowest BCUT2D eigenvalue weighted by atomic mass is 10.0. The summed E-state index contributed by atoms with van der Waals surface area (Å²) in [5, 5.41) is 11.0. The molecule has 1 atom stereocenters. The van der Waals surface area contributed by atoms with E-state index in [9.17, 15) is 9.18 Å². The van der Waals surface area contributed by atoms with Crippen molar-refractivity contribution in [2.45, 2.75) is 26.4 Å². The molecular weight excluding hydrogens is 287 g/mol. The molecule has 0 saturated heterocycles. The molecule has 1 unspecified atom stereocenters. The summed E-state index contributed by atoms with van der Waals surface area (Å²) < 4.78 is 18.1. The van der Waals surface area contributed by atoms with Crippen molar-refractivity contribution in [1.29, 1.82) is 0 Å². The summed E-state index contributed by atoms with van der Waals surface area (Å²) in [5.74, 6) is 0.0886. The molecule has 7 heteroatoms. The number of hydrogen-bond acceptors (Lipinski definition) is 4. The fraction of sp³-hybridized carbons (Fsp3) is 0.400. The molecule has 0 aliphatic carbocycles. The summed E-state index contributed by atoms with van der Waals surface area (Å²) in [7, 11) is 0. The Morgan fingerprint density at radius 2 is 1.91 bits per heavy atom. The Morgan fingerprint density at radius 3 is 2.50 bits per heavy atom. The van der Waals surface area contributed by atoms with Crippen LogP contribution in [0, 0.1) is 11.7 Å². The van der Waals surface area contributed by atoms with Gasteiger partial charge in [0.05, 0.1) is 25.0 Å². The summed E-state index contributed by atoms with van der Waals surface area (Å²) in [6.45, 7) is 4.39. The van der Waals surface area contributed by atoms with E-state index in [0.717, 1.165) is 0 Å². The van der Waals surface area contributed by atoms with E-state index in [1.807, 2.05) is 13.8 Å². The van der Waals surface area contributed by atoms with Crippen LogP contribution in [-0.2, 0) is 11.3 Å². The summed E-state index contributed by atoms with van der Waals surface area (Å²) in [6, 6.07) is 5.43. The number of nitrogens with zero attached hydrogens (tertiary/aromatic N) is 3. The fourth-order valence-corrected chi connectivity index (χ4v) is 1.86. The van der Waals surface area contributed by atoms with Gasteiger partial charge in [0, 0.05) is 0 Å². The Bertz CT molecular complexity index is 584. The Kier molecular flexibility index (Phi) is 5.46. The van der Waals surface area contributed by atoms with Gasteiger partial charge in [-0.1, -0.05) is 13.8 Å². The number of ether oxygens (including phenoxy) is 1. The Hall–Kier alpha value is -2.44. The molecule has 0 fully saturated rings. The number of benzene rings is 1. The first kappa shape index (κ1) is 15.9. The molecule has 1 amide bonds. The first-order valence-corrected chi connectivity index (χ1v) is 7.06. The third kappa shape index (κ3) is 4.83. The van der Waals surface area contributed by atoms with Gasteiger partial charge in [-0.2, -0.15) is 15.0 Å². The van der Waals surface area contributed by atoms with Crippen LogP contribution in [0.5, 0.6) is 5.75 Å². The zero-order chi connectivity index (χ0) is 15.9. The average molecular weight is 306 g/mol. The zero-order valence-electron chi connectivity index (χ0n) is 12.6. The van der Waals surface area contributed by atoms with Crippen LogP contribution >= 0.6 is 0 Å². The van der Waals surface area contributed by atoms with E-state index in [4.69, 9.17) is 4.74 Å². The minimum Gasteiger partial charge on any atom is -0.484 e. The van der Waals surface area contributed by atoms with Crippen LogP contribution in [0.2, 0.25) is 0 Å². The van der Waals surface area contributed by atoms with Crippen molar-refractivity contribution in [3.63, 3.8) is 0 Å². The fourth-order valence-electron chi connectivity index (χ4n) is 1.86. The number of nitrogens with one attached hydrogen (secondary N) is 1. The SMILES string of the molecule is CC(C)C(Cn1nccn1)NC(=O)COc1ccc(F)cc1. The topological polar surface area (TPSA) is 69.0 Å². The van der Waals surface area contributed by atoms with Crippen LogP contribution in [-0.4, -0.2) is 33.5 Å². The molecule has 0 spiro atoms. The zero-order valence-corrected chi connectivity index (χ0v) is 12.6. The summed E-state index contributed by atoms with van der Waals surface area (Å²) in [5.41, 5.74) is 0. The highest BCUT2D eigenvalue weighted by Gasteiger charge is 2.17. The van der Waals surface area contributed by atoms with Crippen LogP contribution in [0.25, 0.3) is 0 Å². The number of carbonyl (C=O) groups excluding carboxylic acids is 1. The van der Waals surface area contributed by atoms with E-state index in [1.165, 1.54) is 29.1 Å². The van der Waals surface area contributed by atoms with Crippen molar-refractivity contribution in [2.24, 2.45) is 5.92 Å². The Balaban J connectivity index is 1.84. The molecule has 1 N–H and O–H groups in total. The second-order valence-corrected chi connectivity index (χ2v) is 5.24. The van der Waals surface area contributed by atoms with Gasteiger partial charge in [0.25, 0.3) is 5.91 Å². The van der Waals surface area contributed by atoms with Gasteiger partial charge in [0.2, 0.25) is 0 Å². The molecule has 0 aliphatic heterocycles. The van der Waals surface area contributed by atoms with Gasteiger partial charge in [-0.05, 0) is 30.2 Å². The predicted molar refractivity (Wildman–Crippen MR) is 78.7 cm³/mol. The standard InChI is InChI=1S/C15H19FN4O2/c1-11(2)14(9-20-17-7-8-18-20)19-15(21)10-22-13-5-3-12(16)4-6-13/h3-8,11,14H,9-10H2,1-2H3,(H,19,21). The molecule has 1 aromatic heterocycles. The van der Waals surface area contributed by atoms with Crippen LogP contribution < -0.4 is 10.1 Å². The van der Waals surface area contributed by atoms with E-state index in [1.54, 1.807) is 12.4 Å². The molecule has 118 valence electrons. The van der Waals surface area contributed by atoms with Crippen molar-refractivity contribution in [1.82, 2.24) is 20.3 Å². The second-order valence-electron chi connectivity index (χ2n) is 5.24. The molecular formula is C15H19FN4O2. The van der Waals surface area contributed by atoms with Gasteiger partial charge in [0.1, 0.15) is 11.6 Å². The van der Waals surface area contributed by atoms with Crippen molar-refractivity contribution in [2.75, 3.05) is 6.61 Å². The van der Waals surface area contributed by atoms with E-state index in [0.29, 0.717) is 12.3 Å². The monoisotopic (exact) mass is 306 g/mol.